The molecule has 0 saturated heterocycles. The van der Waals surface area contributed by atoms with Crippen molar-refractivity contribution in [2.45, 2.75) is 0 Å². The molecule has 13 rings (SSSR count). The molecule has 3 heteroatoms. The molecule has 2 heterocycles. The molecule has 69 heavy (non-hydrogen) atoms. The minimum absolute atomic E-state index is 0.870. The van der Waals surface area contributed by atoms with E-state index >= 15 is 0 Å². The highest BCUT2D eigenvalue weighted by Crippen LogP contribution is 2.43. The lowest BCUT2D eigenvalue weighted by Gasteiger charge is -2.26. The second-order valence-electron chi connectivity index (χ2n) is 17.7. The SMILES string of the molecule is c1ccc(-c2ccc(N(c3ccccc3)c3cccc(-c4cccc(-c5cccc6oc7ccc(-c8ccccc8-c8ccc9c%10ccccc%10n(-c%10ccccc%10)c9c8)cc7c56)c4)c3)cc2)cc1. The van der Waals surface area contributed by atoms with Gasteiger partial charge in [0.2, 0.25) is 0 Å². The maximum atomic E-state index is 6.62. The number of fused-ring (bicyclic) bond motifs is 6. The van der Waals surface area contributed by atoms with Gasteiger partial charge in [-0.15, -0.1) is 0 Å². The largest absolute Gasteiger partial charge is 0.456 e. The molecule has 0 fully saturated rings. The summed E-state index contributed by atoms with van der Waals surface area (Å²) >= 11 is 0. The van der Waals surface area contributed by atoms with Gasteiger partial charge in [0.1, 0.15) is 11.2 Å². The lowest BCUT2D eigenvalue weighted by Crippen LogP contribution is -2.09. The monoisotopic (exact) mass is 880 g/mol. The molecular formula is C66H44N2O. The summed E-state index contributed by atoms with van der Waals surface area (Å²) in [5.74, 6) is 0. The molecule has 324 valence electrons. The minimum atomic E-state index is 0.870. The number of furan rings is 1. The summed E-state index contributed by atoms with van der Waals surface area (Å²) in [6.07, 6.45) is 0. The first kappa shape index (κ1) is 40.1. The number of rotatable bonds is 9. The van der Waals surface area contributed by atoms with Crippen LogP contribution in [-0.2, 0) is 0 Å². The van der Waals surface area contributed by atoms with Crippen molar-refractivity contribution in [3.05, 3.63) is 267 Å². The summed E-state index contributed by atoms with van der Waals surface area (Å²) in [6.45, 7) is 0. The third-order valence-corrected chi connectivity index (χ3v) is 13.6. The van der Waals surface area contributed by atoms with Gasteiger partial charge in [0, 0.05) is 44.3 Å². The fraction of sp³-hybridized carbons (Fsp3) is 0. The highest BCUT2D eigenvalue weighted by atomic mass is 16.3. The second kappa shape index (κ2) is 16.9. The molecule has 0 unspecified atom stereocenters. The van der Waals surface area contributed by atoms with Crippen molar-refractivity contribution in [3.8, 4) is 61.3 Å². The zero-order valence-electron chi connectivity index (χ0n) is 37.7. The molecule has 2 aromatic heterocycles. The van der Waals surface area contributed by atoms with E-state index in [1.807, 2.05) is 0 Å². The van der Waals surface area contributed by atoms with Crippen LogP contribution < -0.4 is 4.90 Å². The zero-order chi connectivity index (χ0) is 45.7. The van der Waals surface area contributed by atoms with Crippen molar-refractivity contribution in [1.82, 2.24) is 4.57 Å². The first-order valence-electron chi connectivity index (χ1n) is 23.6. The van der Waals surface area contributed by atoms with Crippen molar-refractivity contribution in [1.29, 1.82) is 0 Å². The fourth-order valence-corrected chi connectivity index (χ4v) is 10.4. The maximum absolute atomic E-state index is 6.62. The molecule has 3 nitrogen and oxygen atoms in total. The van der Waals surface area contributed by atoms with Crippen LogP contribution in [0.25, 0.3) is 105 Å². The standard InChI is InChI=1S/C66H44N2O/c1-4-17-45(18-5-1)46-33-37-54(38-34-46)67(52-22-6-2-7-23-52)55-26-15-20-48(42-55)47-19-14-21-49(41-47)58-30-16-32-65-66(58)61-43-50(36-40-64(61)69-65)56-27-10-11-28-57(56)51-35-39-60-59-29-12-13-31-62(59)68(63(60)44-51)53-24-8-3-9-25-53/h1-44H. The Bertz CT molecular complexity index is 4000. The molecule has 0 amide bonds. The summed E-state index contributed by atoms with van der Waals surface area (Å²) in [5, 5.41) is 4.70. The maximum Gasteiger partial charge on any atom is 0.136 e. The number of anilines is 3. The second-order valence-corrected chi connectivity index (χ2v) is 17.7. The average molecular weight is 881 g/mol. The van der Waals surface area contributed by atoms with E-state index in [4.69, 9.17) is 4.42 Å². The van der Waals surface area contributed by atoms with Crippen LogP contribution in [0.2, 0.25) is 0 Å². The quantitative estimate of drug-likeness (QED) is 0.144. The number of benzene rings is 11. The summed E-state index contributed by atoms with van der Waals surface area (Å²) in [4.78, 5) is 2.33. The van der Waals surface area contributed by atoms with Crippen LogP contribution in [0, 0.1) is 0 Å². The van der Waals surface area contributed by atoms with Crippen LogP contribution >= 0.6 is 0 Å². The molecule has 11 aromatic carbocycles. The first-order valence-corrected chi connectivity index (χ1v) is 23.6. The predicted molar refractivity (Wildman–Crippen MR) is 290 cm³/mol. The number of aromatic nitrogens is 1. The van der Waals surface area contributed by atoms with Gasteiger partial charge in [0.05, 0.1) is 11.0 Å². The van der Waals surface area contributed by atoms with Crippen LogP contribution in [0.3, 0.4) is 0 Å². The van der Waals surface area contributed by atoms with Gasteiger partial charge in [-0.05, 0) is 141 Å². The van der Waals surface area contributed by atoms with Gasteiger partial charge >= 0.3 is 0 Å². The molecule has 13 aromatic rings. The van der Waals surface area contributed by atoms with E-state index in [-0.39, 0.29) is 0 Å². The van der Waals surface area contributed by atoms with Gasteiger partial charge in [0.15, 0.2) is 0 Å². The summed E-state index contributed by atoms with van der Waals surface area (Å²) < 4.78 is 9.01. The molecule has 0 aliphatic carbocycles. The van der Waals surface area contributed by atoms with E-state index in [0.29, 0.717) is 0 Å². The van der Waals surface area contributed by atoms with Crippen molar-refractivity contribution < 1.29 is 4.42 Å². The van der Waals surface area contributed by atoms with E-state index in [2.05, 4.69) is 276 Å². The van der Waals surface area contributed by atoms with Crippen molar-refractivity contribution in [2.75, 3.05) is 4.90 Å². The summed E-state index contributed by atoms with van der Waals surface area (Å²) in [6, 6.07) is 95.9. The van der Waals surface area contributed by atoms with E-state index in [9.17, 15) is 0 Å². The summed E-state index contributed by atoms with van der Waals surface area (Å²) in [5.41, 5.74) is 20.2. The van der Waals surface area contributed by atoms with Gasteiger partial charge in [-0.3, -0.25) is 0 Å². The molecule has 0 bridgehead atoms. The number of hydrogen-bond acceptors (Lipinski definition) is 2. The number of para-hydroxylation sites is 3. The van der Waals surface area contributed by atoms with Crippen molar-refractivity contribution in [3.63, 3.8) is 0 Å². The van der Waals surface area contributed by atoms with E-state index in [0.717, 1.165) is 72.5 Å². The van der Waals surface area contributed by atoms with Gasteiger partial charge < -0.3 is 13.9 Å². The highest BCUT2D eigenvalue weighted by molar-refractivity contribution is 6.14. The smallest absolute Gasteiger partial charge is 0.136 e. The van der Waals surface area contributed by atoms with Crippen molar-refractivity contribution >= 4 is 60.8 Å². The molecular weight excluding hydrogens is 837 g/mol. The van der Waals surface area contributed by atoms with Crippen LogP contribution in [0.5, 0.6) is 0 Å². The molecule has 0 aliphatic rings. The van der Waals surface area contributed by atoms with Gasteiger partial charge in [-0.25, -0.2) is 0 Å². The van der Waals surface area contributed by atoms with Crippen LogP contribution in [0.15, 0.2) is 271 Å². The van der Waals surface area contributed by atoms with E-state index in [1.54, 1.807) is 0 Å². The van der Waals surface area contributed by atoms with Gasteiger partial charge in [0.25, 0.3) is 0 Å². The van der Waals surface area contributed by atoms with E-state index < -0.39 is 0 Å². The van der Waals surface area contributed by atoms with E-state index in [1.165, 1.54) is 49.6 Å². The molecule has 0 saturated carbocycles. The normalized spacial score (nSPS) is 11.5. The molecule has 0 spiro atoms. The molecule has 0 atom stereocenters. The Hall–Kier alpha value is -9.18. The lowest BCUT2D eigenvalue weighted by atomic mass is 9.92. The topological polar surface area (TPSA) is 21.3 Å². The van der Waals surface area contributed by atoms with Crippen LogP contribution in [0.1, 0.15) is 0 Å². The van der Waals surface area contributed by atoms with Crippen LogP contribution in [-0.4, -0.2) is 4.57 Å². The van der Waals surface area contributed by atoms with Gasteiger partial charge in [-0.1, -0.05) is 182 Å². The van der Waals surface area contributed by atoms with Gasteiger partial charge in [-0.2, -0.15) is 0 Å². The number of nitrogens with zero attached hydrogens (tertiary/aromatic N) is 2. The third kappa shape index (κ3) is 7.16. The average Bonchev–Trinajstić information content (AvgIpc) is 3.97. The third-order valence-electron chi connectivity index (χ3n) is 13.6. The Morgan fingerprint density at radius 1 is 0.275 bits per heavy atom. The van der Waals surface area contributed by atoms with Crippen molar-refractivity contribution in [2.24, 2.45) is 0 Å². The summed E-state index contributed by atoms with van der Waals surface area (Å²) in [7, 11) is 0. The lowest BCUT2D eigenvalue weighted by molar-refractivity contribution is 0.669. The number of hydrogen-bond donors (Lipinski definition) is 0. The van der Waals surface area contributed by atoms with Crippen LogP contribution in [0.4, 0.5) is 17.1 Å². The Morgan fingerprint density at radius 3 is 1.59 bits per heavy atom. The predicted octanol–water partition coefficient (Wildman–Crippen LogP) is 18.5. The Kier molecular flexibility index (Phi) is 9.84. The fourth-order valence-electron chi connectivity index (χ4n) is 10.4. The highest BCUT2D eigenvalue weighted by Gasteiger charge is 2.19. The Labute approximate surface area is 401 Å². The minimum Gasteiger partial charge on any atom is -0.456 e. The molecule has 0 aliphatic heterocycles. The molecule has 0 N–H and O–H groups in total. The first-order chi connectivity index (χ1) is 34.2. The zero-order valence-corrected chi connectivity index (χ0v) is 37.7. The Morgan fingerprint density at radius 2 is 0.797 bits per heavy atom. The molecule has 0 radical (unpaired) electrons. The Balaban J connectivity index is 0.882.